The lowest BCUT2D eigenvalue weighted by molar-refractivity contribution is -0.384. The molecule has 3 N–H and O–H groups in total. The molecule has 0 aliphatic heterocycles. The number of nitrogens with zero attached hydrogens (tertiary/aromatic N) is 1. The zero-order chi connectivity index (χ0) is 18.4. The molecule has 0 spiro atoms. The molecule has 0 radical (unpaired) electrons. The third-order valence-electron chi connectivity index (χ3n) is 2.94. The van der Waals surface area contributed by atoms with Gasteiger partial charge < -0.3 is 0 Å². The molecule has 0 saturated heterocycles. The van der Waals surface area contributed by atoms with E-state index in [0.29, 0.717) is 10.6 Å². The molecule has 0 atom stereocenters. The monoisotopic (exact) mass is 378 g/mol. The highest BCUT2D eigenvalue weighted by atomic mass is 35.5. The van der Waals surface area contributed by atoms with E-state index < -0.39 is 16.7 Å². The first-order valence-electron chi connectivity index (χ1n) is 6.78. The van der Waals surface area contributed by atoms with Crippen molar-refractivity contribution in [2.45, 2.75) is 0 Å². The van der Waals surface area contributed by atoms with Crippen LogP contribution in [-0.4, -0.2) is 21.9 Å². The zero-order valence-electron chi connectivity index (χ0n) is 12.5. The van der Waals surface area contributed by atoms with Gasteiger partial charge in [0.05, 0.1) is 4.92 Å². The fourth-order valence-electron chi connectivity index (χ4n) is 1.76. The lowest BCUT2D eigenvalue weighted by Crippen LogP contribution is -2.48. The first kappa shape index (κ1) is 18.3. The predicted molar refractivity (Wildman–Crippen MR) is 95.2 cm³/mol. The van der Waals surface area contributed by atoms with Crippen LogP contribution in [0.25, 0.3) is 0 Å². The van der Waals surface area contributed by atoms with Crippen molar-refractivity contribution in [2.75, 3.05) is 0 Å². The summed E-state index contributed by atoms with van der Waals surface area (Å²) in [4.78, 5) is 33.8. The Bertz CT molecular complexity index is 842. The zero-order valence-corrected chi connectivity index (χ0v) is 14.1. The van der Waals surface area contributed by atoms with Gasteiger partial charge in [-0.1, -0.05) is 17.7 Å². The topological polar surface area (TPSA) is 113 Å². The van der Waals surface area contributed by atoms with Crippen LogP contribution < -0.4 is 16.2 Å². The molecule has 0 aliphatic carbocycles. The van der Waals surface area contributed by atoms with Crippen LogP contribution in [0.15, 0.2) is 48.5 Å². The molecule has 128 valence electrons. The average molecular weight is 379 g/mol. The largest absolute Gasteiger partial charge is 0.298 e. The van der Waals surface area contributed by atoms with E-state index >= 15 is 0 Å². The molecule has 8 nitrogen and oxygen atoms in total. The number of benzene rings is 2. The van der Waals surface area contributed by atoms with Crippen molar-refractivity contribution < 1.29 is 14.5 Å². The van der Waals surface area contributed by atoms with Crippen molar-refractivity contribution in [1.82, 2.24) is 16.2 Å². The number of carbonyl (C=O) groups is 2. The second-order valence-electron chi connectivity index (χ2n) is 4.68. The Hall–Kier alpha value is -3.04. The molecule has 0 aliphatic rings. The van der Waals surface area contributed by atoms with Crippen molar-refractivity contribution in [2.24, 2.45) is 0 Å². The molecule has 2 aromatic rings. The number of hydrogen-bond donors (Lipinski definition) is 3. The maximum atomic E-state index is 11.9. The Balaban J connectivity index is 1.87. The summed E-state index contributed by atoms with van der Waals surface area (Å²) in [5.41, 5.74) is 5.00. The van der Waals surface area contributed by atoms with Crippen LogP contribution in [0, 0.1) is 10.1 Å². The molecule has 25 heavy (non-hydrogen) atoms. The van der Waals surface area contributed by atoms with Gasteiger partial charge in [0.25, 0.3) is 17.5 Å². The maximum absolute atomic E-state index is 11.9. The van der Waals surface area contributed by atoms with Crippen LogP contribution in [0.2, 0.25) is 5.02 Å². The lowest BCUT2D eigenvalue weighted by atomic mass is 10.2. The summed E-state index contributed by atoms with van der Waals surface area (Å²) in [7, 11) is 0. The summed E-state index contributed by atoms with van der Waals surface area (Å²) < 4.78 is 0. The predicted octanol–water partition coefficient (Wildman–Crippen LogP) is 2.20. The van der Waals surface area contributed by atoms with E-state index in [1.54, 1.807) is 18.2 Å². The number of rotatable bonds is 3. The molecule has 2 rings (SSSR count). The minimum atomic E-state index is -0.575. The molecule has 2 aromatic carbocycles. The van der Waals surface area contributed by atoms with Crippen molar-refractivity contribution in [3.8, 4) is 0 Å². The first-order valence-corrected chi connectivity index (χ1v) is 7.57. The number of carbonyl (C=O) groups excluding carboxylic acids is 2. The second kappa shape index (κ2) is 8.18. The molecule has 0 saturated carbocycles. The number of non-ortho nitro benzene ring substituents is 1. The Morgan fingerprint density at radius 3 is 2.28 bits per heavy atom. The van der Waals surface area contributed by atoms with Crippen LogP contribution in [0.1, 0.15) is 20.7 Å². The second-order valence-corrected chi connectivity index (χ2v) is 5.52. The maximum Gasteiger partial charge on any atom is 0.269 e. The first-order chi connectivity index (χ1) is 11.9. The van der Waals surface area contributed by atoms with Crippen molar-refractivity contribution >= 4 is 46.4 Å². The number of nitrogens with one attached hydrogen (secondary N) is 3. The van der Waals surface area contributed by atoms with Crippen molar-refractivity contribution in [3.05, 3.63) is 74.8 Å². The van der Waals surface area contributed by atoms with Gasteiger partial charge in [0.1, 0.15) is 0 Å². The standard InChI is InChI=1S/C15H11ClN4O4S/c16-11-3-1-2-10(8-11)13(21)17-15(25)19-18-14(22)9-4-6-12(7-5-9)20(23)24/h1-8H,(H,18,22)(H2,17,19,21,25). The Morgan fingerprint density at radius 1 is 1.00 bits per heavy atom. The van der Waals surface area contributed by atoms with Crippen molar-refractivity contribution in [3.63, 3.8) is 0 Å². The van der Waals surface area contributed by atoms with Crippen LogP contribution in [-0.2, 0) is 0 Å². The van der Waals surface area contributed by atoms with Gasteiger partial charge in [-0.05, 0) is 42.5 Å². The molecular weight excluding hydrogens is 368 g/mol. The number of hydrogen-bond acceptors (Lipinski definition) is 5. The Morgan fingerprint density at radius 2 is 1.68 bits per heavy atom. The van der Waals surface area contributed by atoms with Gasteiger partial charge in [-0.25, -0.2) is 0 Å². The van der Waals surface area contributed by atoms with E-state index in [4.69, 9.17) is 23.8 Å². The fourth-order valence-corrected chi connectivity index (χ4v) is 2.09. The summed E-state index contributed by atoms with van der Waals surface area (Å²) in [5.74, 6) is -1.07. The van der Waals surface area contributed by atoms with E-state index in [1.165, 1.54) is 30.3 Å². The molecule has 0 aromatic heterocycles. The highest BCUT2D eigenvalue weighted by Gasteiger charge is 2.11. The Kier molecular flexibility index (Phi) is 5.98. The highest BCUT2D eigenvalue weighted by Crippen LogP contribution is 2.12. The van der Waals surface area contributed by atoms with Crippen LogP contribution in [0.4, 0.5) is 5.69 Å². The minimum absolute atomic E-state index is 0.125. The van der Waals surface area contributed by atoms with E-state index in [0.717, 1.165) is 0 Å². The third kappa shape index (κ3) is 5.23. The summed E-state index contributed by atoms with van der Waals surface area (Å²) in [6.07, 6.45) is 0. The third-order valence-corrected chi connectivity index (χ3v) is 3.38. The lowest BCUT2D eigenvalue weighted by Gasteiger charge is -2.11. The minimum Gasteiger partial charge on any atom is -0.298 e. The summed E-state index contributed by atoms with van der Waals surface area (Å²) in [6, 6.07) is 11.3. The molecule has 0 unspecified atom stereocenters. The summed E-state index contributed by atoms with van der Waals surface area (Å²) in [5, 5.41) is 13.2. The van der Waals surface area contributed by atoms with Gasteiger partial charge >= 0.3 is 0 Å². The van der Waals surface area contributed by atoms with E-state index in [1.807, 2.05) is 0 Å². The van der Waals surface area contributed by atoms with Gasteiger partial charge in [0.2, 0.25) is 0 Å². The number of halogens is 1. The van der Waals surface area contributed by atoms with Gasteiger partial charge in [0, 0.05) is 28.3 Å². The smallest absolute Gasteiger partial charge is 0.269 e. The normalized spacial score (nSPS) is 9.80. The van der Waals surface area contributed by atoms with Gasteiger partial charge in [0.15, 0.2) is 5.11 Å². The average Bonchev–Trinajstić information content (AvgIpc) is 2.59. The Labute approximate surface area is 152 Å². The molecule has 2 amide bonds. The number of nitro groups is 1. The highest BCUT2D eigenvalue weighted by molar-refractivity contribution is 7.80. The summed E-state index contributed by atoms with van der Waals surface area (Å²) >= 11 is 10.7. The molecule has 0 bridgehead atoms. The molecule has 10 heteroatoms. The van der Waals surface area contributed by atoms with Gasteiger partial charge in [-0.3, -0.25) is 35.9 Å². The molecule has 0 heterocycles. The van der Waals surface area contributed by atoms with Crippen molar-refractivity contribution in [1.29, 1.82) is 0 Å². The summed E-state index contributed by atoms with van der Waals surface area (Å²) in [6.45, 7) is 0. The van der Waals surface area contributed by atoms with Gasteiger partial charge in [-0.2, -0.15) is 0 Å². The number of nitro benzene ring substituents is 1. The molecular formula is C15H11ClN4O4S. The van der Waals surface area contributed by atoms with Crippen LogP contribution in [0.3, 0.4) is 0 Å². The quantitative estimate of drug-likeness (QED) is 0.428. The number of hydrazine groups is 1. The molecule has 0 fully saturated rings. The fraction of sp³-hybridized carbons (Fsp3) is 0. The van der Waals surface area contributed by atoms with Gasteiger partial charge in [-0.15, -0.1) is 0 Å². The van der Waals surface area contributed by atoms with Crippen LogP contribution >= 0.6 is 23.8 Å². The number of thiocarbonyl (C=S) groups is 1. The van der Waals surface area contributed by atoms with E-state index in [-0.39, 0.29) is 16.4 Å². The van der Waals surface area contributed by atoms with E-state index in [9.17, 15) is 19.7 Å². The van der Waals surface area contributed by atoms with E-state index in [2.05, 4.69) is 16.2 Å². The SMILES string of the molecule is O=C(NNC(=S)NC(=O)c1cccc(Cl)c1)c1ccc([N+](=O)[O-])cc1. The number of amides is 2. The van der Waals surface area contributed by atoms with Crippen LogP contribution in [0.5, 0.6) is 0 Å².